The number of ether oxygens (including phenoxy) is 4. The van der Waals surface area contributed by atoms with Gasteiger partial charge < -0.3 is 28.7 Å². The summed E-state index contributed by atoms with van der Waals surface area (Å²) in [6.45, 7) is 4.30. The molecular weight excluding hydrogens is 506 g/mol. The first-order valence-corrected chi connectivity index (χ1v) is 13.2. The number of likely N-dealkylation sites (tertiary alicyclic amines) is 1. The molecule has 1 aromatic rings. The number of benzene rings is 1. The molecule has 0 N–H and O–H groups in total. The summed E-state index contributed by atoms with van der Waals surface area (Å²) in [7, 11) is 4.59. The van der Waals surface area contributed by atoms with E-state index in [2.05, 4.69) is 4.90 Å². The molecule has 1 aromatic carbocycles. The molecule has 2 aliphatic heterocycles. The Labute approximate surface area is 229 Å². The number of hydroxylamine groups is 2. The van der Waals surface area contributed by atoms with E-state index in [4.69, 9.17) is 23.8 Å². The van der Waals surface area contributed by atoms with E-state index in [1.165, 1.54) is 34.2 Å². The zero-order chi connectivity index (χ0) is 28.0. The molecule has 0 aromatic heterocycles. The average molecular weight is 546 g/mol. The predicted molar refractivity (Wildman–Crippen MR) is 144 cm³/mol. The van der Waals surface area contributed by atoms with Crippen molar-refractivity contribution in [2.24, 2.45) is 0 Å². The number of carbonyl (C=O) groups excluding carboxylic acids is 3. The number of hydrogen-bond acceptors (Lipinski definition) is 10. The third kappa shape index (κ3) is 9.60. The number of methoxy groups -OCH3 is 3. The first kappa shape index (κ1) is 30.0. The number of hydrogen-bond donors (Lipinski definition) is 0. The SMILES string of the molecule is COc1cc(/C=C/COC(=O)/C=C\C(=O)ON2CCN(CC(=O)N3CCCCCC3)CC2)cc(OC)c1OC. The van der Waals surface area contributed by atoms with Crippen LogP contribution in [0.2, 0.25) is 0 Å². The molecule has 0 saturated carbocycles. The van der Waals surface area contributed by atoms with Crippen LogP contribution >= 0.6 is 0 Å². The number of nitrogens with zero attached hydrogens (tertiary/aromatic N) is 3. The summed E-state index contributed by atoms with van der Waals surface area (Å²) in [6.07, 6.45) is 10.00. The molecule has 11 nitrogen and oxygen atoms in total. The van der Waals surface area contributed by atoms with Gasteiger partial charge in [-0.05, 0) is 36.6 Å². The summed E-state index contributed by atoms with van der Waals surface area (Å²) in [5.74, 6) is 0.352. The van der Waals surface area contributed by atoms with Crippen LogP contribution in [0.25, 0.3) is 6.08 Å². The summed E-state index contributed by atoms with van der Waals surface area (Å²) < 4.78 is 21.0. The van der Waals surface area contributed by atoms with Crippen LogP contribution in [0.15, 0.2) is 30.4 Å². The Morgan fingerprint density at radius 2 is 1.41 bits per heavy atom. The summed E-state index contributed by atoms with van der Waals surface area (Å²) in [5, 5.41) is 1.55. The van der Waals surface area contributed by atoms with E-state index >= 15 is 0 Å². The van der Waals surface area contributed by atoms with E-state index in [9.17, 15) is 14.4 Å². The van der Waals surface area contributed by atoms with Gasteiger partial charge in [-0.3, -0.25) is 9.69 Å². The molecule has 3 rings (SSSR count). The van der Waals surface area contributed by atoms with Crippen LogP contribution in [-0.4, -0.2) is 106 Å². The highest BCUT2D eigenvalue weighted by Gasteiger charge is 2.23. The fourth-order valence-electron chi connectivity index (χ4n) is 4.44. The Kier molecular flexibility index (Phi) is 12.1. The van der Waals surface area contributed by atoms with Crippen LogP contribution in [0.4, 0.5) is 0 Å². The number of rotatable bonds is 11. The van der Waals surface area contributed by atoms with Crippen molar-refractivity contribution in [1.82, 2.24) is 14.9 Å². The van der Waals surface area contributed by atoms with Crippen LogP contribution in [0.3, 0.4) is 0 Å². The molecule has 214 valence electrons. The Hall–Kier alpha value is -3.57. The van der Waals surface area contributed by atoms with Crippen molar-refractivity contribution in [3.8, 4) is 17.2 Å². The van der Waals surface area contributed by atoms with Crippen molar-refractivity contribution in [2.45, 2.75) is 25.7 Å². The van der Waals surface area contributed by atoms with E-state index in [0.717, 1.165) is 43.6 Å². The Bertz CT molecular complexity index is 1000. The van der Waals surface area contributed by atoms with E-state index in [1.807, 2.05) is 4.90 Å². The van der Waals surface area contributed by atoms with Gasteiger partial charge in [0.15, 0.2) is 11.5 Å². The van der Waals surface area contributed by atoms with Gasteiger partial charge in [-0.2, -0.15) is 0 Å². The van der Waals surface area contributed by atoms with Crippen molar-refractivity contribution >= 4 is 23.9 Å². The first-order valence-electron chi connectivity index (χ1n) is 13.2. The number of esters is 1. The average Bonchev–Trinajstić information content (AvgIpc) is 3.24. The molecule has 1 amide bonds. The van der Waals surface area contributed by atoms with Gasteiger partial charge in [-0.1, -0.05) is 18.9 Å². The zero-order valence-corrected chi connectivity index (χ0v) is 23.1. The monoisotopic (exact) mass is 545 g/mol. The van der Waals surface area contributed by atoms with Crippen molar-refractivity contribution in [2.75, 3.05) is 73.7 Å². The van der Waals surface area contributed by atoms with Crippen molar-refractivity contribution in [1.29, 1.82) is 0 Å². The lowest BCUT2D eigenvalue weighted by molar-refractivity contribution is -0.191. The van der Waals surface area contributed by atoms with Crippen molar-refractivity contribution < 1.29 is 38.2 Å². The lowest BCUT2D eigenvalue weighted by atomic mass is 10.1. The second kappa shape index (κ2) is 15.7. The maximum absolute atomic E-state index is 12.6. The highest BCUT2D eigenvalue weighted by Crippen LogP contribution is 2.38. The van der Waals surface area contributed by atoms with Crippen molar-refractivity contribution in [3.63, 3.8) is 0 Å². The molecule has 0 bridgehead atoms. The highest BCUT2D eigenvalue weighted by molar-refractivity contribution is 5.91. The second-order valence-corrected chi connectivity index (χ2v) is 9.23. The topological polar surface area (TPSA) is 107 Å². The third-order valence-electron chi connectivity index (χ3n) is 6.54. The summed E-state index contributed by atoms with van der Waals surface area (Å²) in [4.78, 5) is 46.0. The largest absolute Gasteiger partial charge is 0.493 e. The van der Waals surface area contributed by atoms with Crippen LogP contribution in [0.5, 0.6) is 17.2 Å². The standard InChI is InChI=1S/C28H39N3O8/c1-35-23-19-22(20-24(36-2)28(23)37-3)9-8-18-38-26(33)10-11-27(34)39-31-16-14-29(15-17-31)21-25(32)30-12-6-4-5-7-13-30/h8-11,19-20H,4-7,12-18,21H2,1-3H3/b9-8+,11-10-. The number of amides is 1. The molecular formula is C28H39N3O8. The molecule has 0 unspecified atom stereocenters. The Balaban J connectivity index is 1.35. The van der Waals surface area contributed by atoms with Crippen LogP contribution in [-0.2, 0) is 24.0 Å². The summed E-state index contributed by atoms with van der Waals surface area (Å²) >= 11 is 0. The molecule has 0 aliphatic carbocycles. The molecule has 2 saturated heterocycles. The number of piperazine rings is 1. The van der Waals surface area contributed by atoms with E-state index < -0.39 is 11.9 Å². The van der Waals surface area contributed by atoms with Gasteiger partial charge in [0.25, 0.3) is 0 Å². The minimum absolute atomic E-state index is 0.00693. The minimum atomic E-state index is -0.668. The van der Waals surface area contributed by atoms with Gasteiger partial charge in [0.05, 0.1) is 27.9 Å². The van der Waals surface area contributed by atoms with Gasteiger partial charge >= 0.3 is 11.9 Å². The van der Waals surface area contributed by atoms with E-state index in [0.29, 0.717) is 50.0 Å². The first-order chi connectivity index (χ1) is 18.9. The Morgan fingerprint density at radius 3 is 2.00 bits per heavy atom. The quantitative estimate of drug-likeness (QED) is 0.304. The molecule has 2 aliphatic rings. The zero-order valence-electron chi connectivity index (χ0n) is 23.1. The Morgan fingerprint density at radius 1 is 0.795 bits per heavy atom. The minimum Gasteiger partial charge on any atom is -0.493 e. The van der Waals surface area contributed by atoms with Crippen LogP contribution in [0, 0.1) is 0 Å². The van der Waals surface area contributed by atoms with E-state index in [1.54, 1.807) is 29.3 Å². The maximum atomic E-state index is 12.6. The lowest BCUT2D eigenvalue weighted by Crippen LogP contribution is -2.50. The van der Waals surface area contributed by atoms with Crippen molar-refractivity contribution in [3.05, 3.63) is 35.9 Å². The van der Waals surface area contributed by atoms with Gasteiger partial charge in [0, 0.05) is 51.4 Å². The van der Waals surface area contributed by atoms with Crippen LogP contribution in [0.1, 0.15) is 31.2 Å². The van der Waals surface area contributed by atoms with Gasteiger partial charge in [0.1, 0.15) is 6.61 Å². The van der Waals surface area contributed by atoms with Gasteiger partial charge in [-0.15, -0.1) is 5.06 Å². The molecule has 39 heavy (non-hydrogen) atoms. The normalized spacial score (nSPS) is 17.2. The van der Waals surface area contributed by atoms with Gasteiger partial charge in [-0.25, -0.2) is 9.59 Å². The molecule has 2 heterocycles. The molecule has 11 heteroatoms. The molecule has 0 radical (unpaired) electrons. The molecule has 2 fully saturated rings. The van der Waals surface area contributed by atoms with E-state index in [-0.39, 0.29) is 12.5 Å². The predicted octanol–water partition coefficient (Wildman–Crippen LogP) is 2.30. The third-order valence-corrected chi connectivity index (χ3v) is 6.54. The molecule has 0 spiro atoms. The lowest BCUT2D eigenvalue weighted by Gasteiger charge is -2.33. The summed E-state index contributed by atoms with van der Waals surface area (Å²) in [5.41, 5.74) is 0.770. The van der Waals surface area contributed by atoms with Crippen LogP contribution < -0.4 is 14.2 Å². The second-order valence-electron chi connectivity index (χ2n) is 9.23. The smallest absolute Gasteiger partial charge is 0.349 e. The summed E-state index contributed by atoms with van der Waals surface area (Å²) in [6, 6.07) is 3.53. The van der Waals surface area contributed by atoms with Gasteiger partial charge in [0.2, 0.25) is 11.7 Å². The fraction of sp³-hybridized carbons (Fsp3) is 0.536. The highest BCUT2D eigenvalue weighted by atomic mass is 16.7. The fourth-order valence-corrected chi connectivity index (χ4v) is 4.44. The maximum Gasteiger partial charge on any atom is 0.349 e. The molecule has 0 atom stereocenters. The number of carbonyl (C=O) groups is 3.